The predicted molar refractivity (Wildman–Crippen MR) is 74.9 cm³/mol. The topological polar surface area (TPSA) is 63.0 Å². The summed E-state index contributed by atoms with van der Waals surface area (Å²) >= 11 is 0. The molecule has 1 unspecified atom stereocenters. The van der Waals surface area contributed by atoms with Crippen LogP contribution in [0.1, 0.15) is 25.3 Å². The Hall–Kier alpha value is -1.88. The maximum atomic E-state index is 5.50. The van der Waals surface area contributed by atoms with Gasteiger partial charge in [-0.2, -0.15) is 0 Å². The van der Waals surface area contributed by atoms with E-state index in [4.69, 9.17) is 4.42 Å². The largest absolute Gasteiger partial charge is 0.407 e. The Kier molecular flexibility index (Phi) is 4.92. The van der Waals surface area contributed by atoms with Crippen LogP contribution in [0.4, 0.5) is 6.01 Å². The van der Waals surface area contributed by atoms with Crippen molar-refractivity contribution < 1.29 is 4.42 Å². The maximum Gasteiger partial charge on any atom is 0.315 e. The monoisotopic (exact) mass is 260 g/mol. The van der Waals surface area contributed by atoms with E-state index in [9.17, 15) is 0 Å². The number of rotatable bonds is 7. The van der Waals surface area contributed by atoms with Crippen LogP contribution < -0.4 is 10.6 Å². The second kappa shape index (κ2) is 6.89. The summed E-state index contributed by atoms with van der Waals surface area (Å²) in [5.74, 6) is 0.608. The Morgan fingerprint density at radius 1 is 1.21 bits per heavy atom. The zero-order valence-corrected chi connectivity index (χ0v) is 11.4. The fourth-order valence-electron chi connectivity index (χ4n) is 1.84. The van der Waals surface area contributed by atoms with E-state index in [1.807, 2.05) is 25.1 Å². The molecule has 0 spiro atoms. The summed E-state index contributed by atoms with van der Waals surface area (Å²) in [6.45, 7) is 5.63. The lowest BCUT2D eigenvalue weighted by molar-refractivity contribution is 0.477. The van der Waals surface area contributed by atoms with Gasteiger partial charge in [-0.15, -0.1) is 5.10 Å². The fraction of sp³-hybridized carbons (Fsp3) is 0.429. The van der Waals surface area contributed by atoms with Crippen LogP contribution in [0, 0.1) is 0 Å². The van der Waals surface area contributed by atoms with Gasteiger partial charge >= 0.3 is 6.01 Å². The molecule has 1 atom stereocenters. The lowest BCUT2D eigenvalue weighted by Gasteiger charge is -2.11. The van der Waals surface area contributed by atoms with E-state index in [0.717, 1.165) is 13.0 Å². The molecular formula is C14H20N4O. The number of anilines is 1. The Labute approximate surface area is 113 Å². The van der Waals surface area contributed by atoms with Crippen molar-refractivity contribution in [2.24, 2.45) is 0 Å². The van der Waals surface area contributed by atoms with E-state index in [2.05, 4.69) is 39.9 Å². The van der Waals surface area contributed by atoms with Crippen molar-refractivity contribution in [1.29, 1.82) is 0 Å². The van der Waals surface area contributed by atoms with E-state index >= 15 is 0 Å². The SMILES string of the molecule is CCNCc1nnc(NC(C)Cc2ccccc2)o1. The third-order valence-corrected chi connectivity index (χ3v) is 2.75. The molecule has 0 amide bonds. The van der Waals surface area contributed by atoms with E-state index < -0.39 is 0 Å². The van der Waals surface area contributed by atoms with Gasteiger partial charge in [0.1, 0.15) is 0 Å². The minimum Gasteiger partial charge on any atom is -0.407 e. The van der Waals surface area contributed by atoms with Crippen LogP contribution in [-0.2, 0) is 13.0 Å². The third-order valence-electron chi connectivity index (χ3n) is 2.75. The Morgan fingerprint density at radius 3 is 2.74 bits per heavy atom. The molecule has 1 aromatic heterocycles. The lowest BCUT2D eigenvalue weighted by Crippen LogP contribution is -2.18. The van der Waals surface area contributed by atoms with Gasteiger partial charge in [-0.05, 0) is 25.5 Å². The molecule has 0 aliphatic carbocycles. The number of aromatic nitrogens is 2. The van der Waals surface area contributed by atoms with Crippen LogP contribution in [0.3, 0.4) is 0 Å². The summed E-state index contributed by atoms with van der Waals surface area (Å²) in [7, 11) is 0. The second-order valence-electron chi connectivity index (χ2n) is 4.52. The van der Waals surface area contributed by atoms with E-state index in [-0.39, 0.29) is 6.04 Å². The molecular weight excluding hydrogens is 240 g/mol. The molecule has 5 heteroatoms. The average Bonchev–Trinajstić information content (AvgIpc) is 2.85. The molecule has 2 aromatic rings. The van der Waals surface area contributed by atoms with Gasteiger partial charge in [0.15, 0.2) is 0 Å². The van der Waals surface area contributed by atoms with Gasteiger partial charge in [0.2, 0.25) is 5.89 Å². The summed E-state index contributed by atoms with van der Waals surface area (Å²) in [5, 5.41) is 14.3. The number of nitrogens with one attached hydrogen (secondary N) is 2. The van der Waals surface area contributed by atoms with Crippen LogP contribution >= 0.6 is 0 Å². The van der Waals surface area contributed by atoms with Crippen LogP contribution in [0.5, 0.6) is 0 Å². The van der Waals surface area contributed by atoms with Gasteiger partial charge in [0, 0.05) is 6.04 Å². The first kappa shape index (κ1) is 13.5. The molecule has 0 radical (unpaired) electrons. The Morgan fingerprint density at radius 2 is 2.00 bits per heavy atom. The molecule has 0 aliphatic heterocycles. The first-order valence-electron chi connectivity index (χ1n) is 6.61. The van der Waals surface area contributed by atoms with Crippen LogP contribution in [0.15, 0.2) is 34.7 Å². The highest BCUT2D eigenvalue weighted by Crippen LogP contribution is 2.10. The van der Waals surface area contributed by atoms with Crippen molar-refractivity contribution in [3.8, 4) is 0 Å². The molecule has 0 bridgehead atoms. The molecule has 2 N–H and O–H groups in total. The highest BCUT2D eigenvalue weighted by Gasteiger charge is 2.09. The molecule has 0 saturated heterocycles. The standard InChI is InChI=1S/C14H20N4O/c1-3-15-10-13-17-18-14(19-13)16-11(2)9-12-7-5-4-6-8-12/h4-8,11,15H,3,9-10H2,1-2H3,(H,16,18). The van der Waals surface area contributed by atoms with Gasteiger partial charge in [-0.1, -0.05) is 42.4 Å². The molecule has 1 aromatic carbocycles. The zero-order valence-electron chi connectivity index (χ0n) is 11.4. The fourth-order valence-corrected chi connectivity index (χ4v) is 1.84. The third kappa shape index (κ3) is 4.37. The van der Waals surface area contributed by atoms with Gasteiger partial charge in [-0.3, -0.25) is 0 Å². The first-order valence-corrected chi connectivity index (χ1v) is 6.61. The smallest absolute Gasteiger partial charge is 0.315 e. The van der Waals surface area contributed by atoms with Crippen molar-refractivity contribution in [3.05, 3.63) is 41.8 Å². The molecule has 0 aliphatic rings. The lowest BCUT2D eigenvalue weighted by atomic mass is 10.1. The summed E-state index contributed by atoms with van der Waals surface area (Å²) in [4.78, 5) is 0. The number of hydrogen-bond acceptors (Lipinski definition) is 5. The molecule has 19 heavy (non-hydrogen) atoms. The highest BCUT2D eigenvalue weighted by molar-refractivity contribution is 5.22. The molecule has 5 nitrogen and oxygen atoms in total. The van der Waals surface area contributed by atoms with Crippen molar-refractivity contribution in [1.82, 2.24) is 15.5 Å². The number of nitrogens with zero attached hydrogens (tertiary/aromatic N) is 2. The van der Waals surface area contributed by atoms with E-state index in [0.29, 0.717) is 18.5 Å². The van der Waals surface area contributed by atoms with Gasteiger partial charge in [0.05, 0.1) is 6.54 Å². The van der Waals surface area contributed by atoms with Gasteiger partial charge in [0.25, 0.3) is 0 Å². The van der Waals surface area contributed by atoms with Gasteiger partial charge < -0.3 is 15.1 Å². The van der Waals surface area contributed by atoms with Crippen molar-refractivity contribution in [2.75, 3.05) is 11.9 Å². The maximum absolute atomic E-state index is 5.50. The number of benzene rings is 1. The molecule has 1 heterocycles. The quantitative estimate of drug-likeness (QED) is 0.799. The second-order valence-corrected chi connectivity index (χ2v) is 4.52. The van der Waals surface area contributed by atoms with Gasteiger partial charge in [-0.25, -0.2) is 0 Å². The van der Waals surface area contributed by atoms with Crippen molar-refractivity contribution >= 4 is 6.01 Å². The molecule has 0 fully saturated rings. The normalized spacial score (nSPS) is 12.3. The predicted octanol–water partition coefficient (Wildman–Crippen LogP) is 2.22. The first-order chi connectivity index (χ1) is 9.28. The minimum absolute atomic E-state index is 0.245. The molecule has 102 valence electrons. The zero-order chi connectivity index (χ0) is 13.5. The summed E-state index contributed by atoms with van der Waals surface area (Å²) < 4.78 is 5.50. The van der Waals surface area contributed by atoms with Crippen LogP contribution in [0.25, 0.3) is 0 Å². The number of hydrogen-bond donors (Lipinski definition) is 2. The van der Waals surface area contributed by atoms with E-state index in [1.165, 1.54) is 5.56 Å². The van der Waals surface area contributed by atoms with E-state index in [1.54, 1.807) is 0 Å². The summed E-state index contributed by atoms with van der Waals surface area (Å²) in [6, 6.07) is 11.1. The summed E-state index contributed by atoms with van der Waals surface area (Å²) in [5.41, 5.74) is 1.29. The minimum atomic E-state index is 0.245. The molecule has 0 saturated carbocycles. The summed E-state index contributed by atoms with van der Waals surface area (Å²) in [6.07, 6.45) is 0.922. The average molecular weight is 260 g/mol. The Balaban J connectivity index is 1.85. The van der Waals surface area contributed by atoms with Crippen LogP contribution in [-0.4, -0.2) is 22.8 Å². The van der Waals surface area contributed by atoms with Crippen LogP contribution in [0.2, 0.25) is 0 Å². The Bertz CT molecular complexity index is 483. The highest BCUT2D eigenvalue weighted by atomic mass is 16.4. The molecule has 2 rings (SSSR count). The van der Waals surface area contributed by atoms with Crippen molar-refractivity contribution in [3.63, 3.8) is 0 Å². The van der Waals surface area contributed by atoms with Crippen molar-refractivity contribution in [2.45, 2.75) is 32.9 Å².